The molecule has 1 rings (SSSR count). The minimum absolute atomic E-state index is 0.0506. The van der Waals surface area contributed by atoms with Crippen LogP contribution in [-0.2, 0) is 10.0 Å². The number of nitrogens with one attached hydrogen (secondary N) is 1. The van der Waals surface area contributed by atoms with E-state index in [9.17, 15) is 13.2 Å². The molecule has 0 aliphatic heterocycles. The summed E-state index contributed by atoms with van der Waals surface area (Å²) in [7, 11) is -4.39. The molecule has 0 fully saturated rings. The van der Waals surface area contributed by atoms with Crippen molar-refractivity contribution in [1.82, 2.24) is 4.72 Å². The Bertz CT molecular complexity index is 585. The fourth-order valence-electron chi connectivity index (χ4n) is 1.28. The first-order valence-corrected chi connectivity index (χ1v) is 7.78. The molecule has 0 aromatic carbocycles. The van der Waals surface area contributed by atoms with Gasteiger partial charge in [0.15, 0.2) is 0 Å². The second kappa shape index (κ2) is 6.35. The van der Waals surface area contributed by atoms with E-state index in [4.69, 9.17) is 32.0 Å². The summed E-state index contributed by atoms with van der Waals surface area (Å²) in [6.07, 6.45) is 0. The molecule has 0 bridgehead atoms. The van der Waals surface area contributed by atoms with Crippen LogP contribution in [-0.4, -0.2) is 60.2 Å². The van der Waals surface area contributed by atoms with Crippen LogP contribution in [0.2, 0.25) is 4.34 Å². The lowest BCUT2D eigenvalue weighted by molar-refractivity contribution is 0.0581. The molecule has 0 spiro atoms. The monoisotopic (exact) mass is 345 g/mol. The van der Waals surface area contributed by atoms with Crippen LogP contribution >= 0.6 is 22.9 Å². The van der Waals surface area contributed by atoms with E-state index < -0.39 is 51.1 Å². The molecule has 0 atom stereocenters. The van der Waals surface area contributed by atoms with Crippen LogP contribution in [0.25, 0.3) is 0 Å². The average Bonchev–Trinajstić information content (AvgIpc) is 2.79. The highest BCUT2D eigenvalue weighted by Gasteiger charge is 2.36. The van der Waals surface area contributed by atoms with Gasteiger partial charge >= 0.3 is 5.97 Å². The zero-order chi connectivity index (χ0) is 15.6. The third-order valence-corrected chi connectivity index (χ3v) is 5.39. The fourth-order valence-corrected chi connectivity index (χ4v) is 4.31. The van der Waals surface area contributed by atoms with Gasteiger partial charge in [-0.15, -0.1) is 11.3 Å². The number of halogens is 1. The predicted octanol–water partition coefficient (Wildman–Crippen LogP) is -0.906. The van der Waals surface area contributed by atoms with Gasteiger partial charge in [-0.25, -0.2) is 13.2 Å². The Labute approximate surface area is 123 Å². The van der Waals surface area contributed by atoms with Gasteiger partial charge in [0.1, 0.15) is 15.3 Å². The van der Waals surface area contributed by atoms with Gasteiger partial charge in [-0.2, -0.15) is 4.72 Å². The number of rotatable bonds is 7. The number of carboxylic acids is 1. The molecule has 0 unspecified atom stereocenters. The van der Waals surface area contributed by atoms with Crippen LogP contribution in [0.5, 0.6) is 0 Å². The van der Waals surface area contributed by atoms with E-state index in [0.717, 1.165) is 6.07 Å². The molecule has 1 aromatic heterocycles. The van der Waals surface area contributed by atoms with Crippen molar-refractivity contribution in [3.63, 3.8) is 0 Å². The summed E-state index contributed by atoms with van der Waals surface area (Å²) in [6, 6.07) is 0.939. The van der Waals surface area contributed by atoms with Crippen molar-refractivity contribution in [2.24, 2.45) is 0 Å². The fraction of sp³-hybridized carbons (Fsp3) is 0.444. The quantitative estimate of drug-likeness (QED) is 0.430. The summed E-state index contributed by atoms with van der Waals surface area (Å²) in [5.74, 6) is -1.48. The normalized spacial score (nSPS) is 12.6. The Kier molecular flexibility index (Phi) is 5.49. The SMILES string of the molecule is O=C(O)c1sc(Cl)cc1S(=O)(=O)NC(CO)(CO)CO. The highest BCUT2D eigenvalue weighted by atomic mass is 35.5. The smallest absolute Gasteiger partial charge is 0.347 e. The van der Waals surface area contributed by atoms with Crippen molar-refractivity contribution in [3.8, 4) is 0 Å². The third kappa shape index (κ3) is 3.47. The molecule has 0 amide bonds. The second-order valence-corrected chi connectivity index (χ2v) is 7.24. The van der Waals surface area contributed by atoms with Gasteiger partial charge in [0.05, 0.1) is 24.2 Å². The third-order valence-electron chi connectivity index (χ3n) is 2.41. The van der Waals surface area contributed by atoms with Gasteiger partial charge in [0.25, 0.3) is 0 Å². The van der Waals surface area contributed by atoms with Crippen molar-refractivity contribution in [2.75, 3.05) is 19.8 Å². The molecule has 1 heterocycles. The van der Waals surface area contributed by atoms with Crippen molar-refractivity contribution in [1.29, 1.82) is 0 Å². The summed E-state index contributed by atoms with van der Waals surface area (Å²) in [5, 5.41) is 36.2. The molecule has 0 aliphatic rings. The molecule has 0 aliphatic carbocycles. The van der Waals surface area contributed by atoms with E-state index in [2.05, 4.69) is 0 Å². The number of aromatic carboxylic acids is 1. The Balaban J connectivity index is 3.27. The van der Waals surface area contributed by atoms with E-state index >= 15 is 0 Å². The molecular weight excluding hydrogens is 334 g/mol. The van der Waals surface area contributed by atoms with E-state index in [1.54, 1.807) is 0 Å². The van der Waals surface area contributed by atoms with Crippen molar-refractivity contribution in [3.05, 3.63) is 15.3 Å². The lowest BCUT2D eigenvalue weighted by Crippen LogP contribution is -2.56. The average molecular weight is 346 g/mol. The maximum atomic E-state index is 12.1. The molecule has 8 nitrogen and oxygen atoms in total. The number of hydrogen-bond donors (Lipinski definition) is 5. The largest absolute Gasteiger partial charge is 0.477 e. The number of sulfonamides is 1. The summed E-state index contributed by atoms with van der Waals surface area (Å²) < 4.78 is 26.0. The Morgan fingerprint density at radius 2 is 1.80 bits per heavy atom. The molecular formula is C9H12ClNO7S2. The van der Waals surface area contributed by atoms with E-state index in [1.165, 1.54) is 0 Å². The number of aliphatic hydroxyl groups is 3. The van der Waals surface area contributed by atoms with Crippen molar-refractivity contribution in [2.45, 2.75) is 10.4 Å². The molecule has 0 saturated carbocycles. The summed E-state index contributed by atoms with van der Waals surface area (Å²) >= 11 is 6.16. The van der Waals surface area contributed by atoms with Gasteiger partial charge in [-0.1, -0.05) is 11.6 Å². The molecule has 0 radical (unpaired) electrons. The van der Waals surface area contributed by atoms with Crippen molar-refractivity contribution < 1.29 is 33.6 Å². The second-order valence-electron chi connectivity index (χ2n) is 3.91. The Hall–Kier alpha value is -0.750. The number of carboxylic acid groups (broad SMARTS) is 1. The maximum absolute atomic E-state index is 12.1. The van der Waals surface area contributed by atoms with Crippen molar-refractivity contribution >= 4 is 38.9 Å². The zero-order valence-electron chi connectivity index (χ0n) is 9.91. The van der Waals surface area contributed by atoms with E-state index in [0.29, 0.717) is 11.3 Å². The first-order chi connectivity index (χ1) is 9.21. The minimum atomic E-state index is -4.39. The van der Waals surface area contributed by atoms with Crippen LogP contribution < -0.4 is 4.72 Å². The standard InChI is InChI=1S/C9H12ClNO7S2/c10-6-1-5(7(19-6)8(15)16)20(17,18)11-9(2-12,3-13)4-14/h1,11-14H,2-4H2,(H,15,16). The predicted molar refractivity (Wildman–Crippen MR) is 70.6 cm³/mol. The van der Waals surface area contributed by atoms with E-state index in [1.807, 2.05) is 4.72 Å². The molecule has 5 N–H and O–H groups in total. The summed E-state index contributed by atoms with van der Waals surface area (Å²) in [4.78, 5) is 9.86. The highest BCUT2D eigenvalue weighted by molar-refractivity contribution is 7.89. The Morgan fingerprint density at radius 3 is 2.20 bits per heavy atom. The number of aliphatic hydroxyl groups excluding tert-OH is 3. The van der Waals surface area contributed by atoms with Gasteiger partial charge in [0, 0.05) is 0 Å². The summed E-state index contributed by atoms with van der Waals surface area (Å²) in [5.41, 5.74) is -1.90. The topological polar surface area (TPSA) is 144 Å². The van der Waals surface area contributed by atoms with Crippen LogP contribution in [0.3, 0.4) is 0 Å². The van der Waals surface area contributed by atoms with Gasteiger partial charge in [0.2, 0.25) is 10.0 Å². The van der Waals surface area contributed by atoms with Crippen LogP contribution in [0.4, 0.5) is 0 Å². The molecule has 1 aromatic rings. The number of hydrogen-bond acceptors (Lipinski definition) is 7. The minimum Gasteiger partial charge on any atom is -0.477 e. The van der Waals surface area contributed by atoms with Gasteiger partial charge in [-0.3, -0.25) is 0 Å². The van der Waals surface area contributed by atoms with E-state index in [-0.39, 0.29) is 4.34 Å². The van der Waals surface area contributed by atoms with Crippen LogP contribution in [0.1, 0.15) is 9.67 Å². The maximum Gasteiger partial charge on any atom is 0.347 e. The number of thiophene rings is 1. The van der Waals surface area contributed by atoms with Gasteiger partial charge in [-0.05, 0) is 6.07 Å². The molecule has 114 valence electrons. The lowest BCUT2D eigenvalue weighted by Gasteiger charge is -2.28. The molecule has 0 saturated heterocycles. The molecule has 20 heavy (non-hydrogen) atoms. The lowest BCUT2D eigenvalue weighted by atomic mass is 10.1. The molecule has 11 heteroatoms. The highest BCUT2D eigenvalue weighted by Crippen LogP contribution is 2.30. The number of carbonyl (C=O) groups is 1. The summed E-state index contributed by atoms with van der Waals surface area (Å²) in [6.45, 7) is -2.63. The van der Waals surface area contributed by atoms with Crippen LogP contribution in [0, 0.1) is 0 Å². The van der Waals surface area contributed by atoms with Crippen LogP contribution in [0.15, 0.2) is 11.0 Å². The van der Waals surface area contributed by atoms with Gasteiger partial charge < -0.3 is 20.4 Å². The first kappa shape index (κ1) is 17.3. The Morgan fingerprint density at radius 1 is 1.30 bits per heavy atom. The zero-order valence-corrected chi connectivity index (χ0v) is 12.3. The first-order valence-electron chi connectivity index (χ1n) is 5.10.